The number of hydrogen-bond donors (Lipinski definition) is 0. The molecule has 0 spiro atoms. The lowest BCUT2D eigenvalue weighted by Gasteiger charge is -2.28. The van der Waals surface area contributed by atoms with E-state index in [2.05, 4.69) is 60.4 Å². The van der Waals surface area contributed by atoms with Gasteiger partial charge in [0, 0.05) is 13.1 Å². The first-order valence-electron chi connectivity index (χ1n) is 7.24. The van der Waals surface area contributed by atoms with E-state index in [9.17, 15) is 0 Å². The molecule has 1 aliphatic heterocycles. The SMILES string of the molecule is CCN1CCc2cc(C3=CC=CCC=C3)ccc2C1. The zero-order chi connectivity index (χ0) is 13.1. The Hall–Kier alpha value is -1.60. The molecule has 0 unspecified atom stereocenters. The van der Waals surface area contributed by atoms with E-state index < -0.39 is 0 Å². The molecule has 1 aromatic carbocycles. The fourth-order valence-electron chi connectivity index (χ4n) is 2.83. The van der Waals surface area contributed by atoms with Gasteiger partial charge in [0.2, 0.25) is 0 Å². The lowest BCUT2D eigenvalue weighted by molar-refractivity contribution is 0.268. The Balaban J connectivity index is 1.90. The van der Waals surface area contributed by atoms with Crippen LogP contribution in [0.2, 0.25) is 0 Å². The molecule has 3 rings (SSSR count). The second-order valence-electron chi connectivity index (χ2n) is 5.29. The minimum atomic E-state index is 1.04. The highest BCUT2D eigenvalue weighted by Gasteiger charge is 2.15. The molecule has 0 radical (unpaired) electrons. The molecule has 0 N–H and O–H groups in total. The van der Waals surface area contributed by atoms with Crippen LogP contribution in [0.3, 0.4) is 0 Å². The summed E-state index contributed by atoms with van der Waals surface area (Å²) >= 11 is 0. The van der Waals surface area contributed by atoms with Gasteiger partial charge in [0.15, 0.2) is 0 Å². The Morgan fingerprint density at radius 3 is 3.00 bits per heavy atom. The summed E-state index contributed by atoms with van der Waals surface area (Å²) in [7, 11) is 0. The van der Waals surface area contributed by atoms with Gasteiger partial charge in [0.05, 0.1) is 0 Å². The predicted molar refractivity (Wildman–Crippen MR) is 82.0 cm³/mol. The molecular weight excluding hydrogens is 230 g/mol. The van der Waals surface area contributed by atoms with Crippen molar-refractivity contribution in [2.75, 3.05) is 13.1 Å². The molecule has 0 aromatic heterocycles. The monoisotopic (exact) mass is 251 g/mol. The molecule has 98 valence electrons. The van der Waals surface area contributed by atoms with Crippen LogP contribution in [0.25, 0.3) is 5.57 Å². The van der Waals surface area contributed by atoms with Crippen molar-refractivity contribution in [3.63, 3.8) is 0 Å². The summed E-state index contributed by atoms with van der Waals surface area (Å²) in [6, 6.07) is 6.97. The van der Waals surface area contributed by atoms with Crippen molar-refractivity contribution in [2.45, 2.75) is 26.3 Å². The summed E-state index contributed by atoms with van der Waals surface area (Å²) < 4.78 is 0. The van der Waals surface area contributed by atoms with Crippen LogP contribution in [0.4, 0.5) is 0 Å². The first-order chi connectivity index (χ1) is 9.36. The van der Waals surface area contributed by atoms with E-state index in [1.807, 2.05) is 0 Å². The highest BCUT2D eigenvalue weighted by atomic mass is 15.1. The van der Waals surface area contributed by atoms with Crippen molar-refractivity contribution >= 4 is 5.57 Å². The summed E-state index contributed by atoms with van der Waals surface area (Å²) in [5, 5.41) is 0. The van der Waals surface area contributed by atoms with Gasteiger partial charge < -0.3 is 0 Å². The topological polar surface area (TPSA) is 3.24 Å². The fourth-order valence-corrected chi connectivity index (χ4v) is 2.83. The van der Waals surface area contributed by atoms with Crippen LogP contribution in [0.5, 0.6) is 0 Å². The molecule has 0 amide bonds. The zero-order valence-electron chi connectivity index (χ0n) is 11.6. The third-order valence-electron chi connectivity index (χ3n) is 4.06. The molecule has 1 aliphatic carbocycles. The standard InChI is InChI=1S/C18H21N/c1-2-19-12-11-17-13-16(9-10-18(17)14-19)15-7-5-3-4-6-8-15/h3,5-10,13H,2,4,11-12,14H2,1H3. The Labute approximate surface area is 115 Å². The van der Waals surface area contributed by atoms with E-state index in [1.54, 1.807) is 0 Å². The van der Waals surface area contributed by atoms with Crippen LogP contribution in [-0.2, 0) is 13.0 Å². The molecule has 0 bridgehead atoms. The Morgan fingerprint density at radius 1 is 1.16 bits per heavy atom. The molecule has 0 fully saturated rings. The first kappa shape index (κ1) is 12.4. The van der Waals surface area contributed by atoms with Crippen molar-refractivity contribution < 1.29 is 0 Å². The van der Waals surface area contributed by atoms with Gasteiger partial charge in [0.25, 0.3) is 0 Å². The minimum Gasteiger partial charge on any atom is -0.299 e. The lowest BCUT2D eigenvalue weighted by atomic mass is 9.94. The molecule has 19 heavy (non-hydrogen) atoms. The second kappa shape index (κ2) is 5.58. The summed E-state index contributed by atoms with van der Waals surface area (Å²) in [5.41, 5.74) is 5.72. The summed E-state index contributed by atoms with van der Waals surface area (Å²) in [6.07, 6.45) is 13.3. The van der Waals surface area contributed by atoms with E-state index in [0.29, 0.717) is 0 Å². The van der Waals surface area contributed by atoms with Crippen molar-refractivity contribution in [1.82, 2.24) is 4.90 Å². The van der Waals surface area contributed by atoms with Crippen LogP contribution in [0, 0.1) is 0 Å². The maximum Gasteiger partial charge on any atom is 0.0236 e. The molecule has 0 saturated carbocycles. The molecule has 0 saturated heterocycles. The zero-order valence-corrected chi connectivity index (χ0v) is 11.6. The average Bonchev–Trinajstić information content (AvgIpc) is 2.75. The summed E-state index contributed by atoms with van der Waals surface area (Å²) in [5.74, 6) is 0. The predicted octanol–water partition coefficient (Wildman–Crippen LogP) is 3.96. The third-order valence-corrected chi connectivity index (χ3v) is 4.06. The second-order valence-corrected chi connectivity index (χ2v) is 5.29. The molecular formula is C18H21N. The van der Waals surface area contributed by atoms with Crippen molar-refractivity contribution in [3.8, 4) is 0 Å². The maximum absolute atomic E-state index is 2.51. The van der Waals surface area contributed by atoms with Gasteiger partial charge in [-0.25, -0.2) is 0 Å². The first-order valence-corrected chi connectivity index (χ1v) is 7.24. The summed E-state index contributed by atoms with van der Waals surface area (Å²) in [6.45, 7) is 5.70. The number of nitrogens with zero attached hydrogens (tertiary/aromatic N) is 1. The van der Waals surface area contributed by atoms with Crippen LogP contribution >= 0.6 is 0 Å². The van der Waals surface area contributed by atoms with E-state index in [1.165, 1.54) is 35.2 Å². The smallest absolute Gasteiger partial charge is 0.0236 e. The summed E-state index contributed by atoms with van der Waals surface area (Å²) in [4.78, 5) is 2.51. The number of allylic oxidation sites excluding steroid dienone is 6. The molecule has 1 nitrogen and oxygen atoms in total. The molecule has 2 aliphatic rings. The van der Waals surface area contributed by atoms with E-state index >= 15 is 0 Å². The van der Waals surface area contributed by atoms with Crippen LogP contribution in [-0.4, -0.2) is 18.0 Å². The van der Waals surface area contributed by atoms with E-state index in [0.717, 1.165) is 19.5 Å². The molecule has 1 heteroatoms. The Morgan fingerprint density at radius 2 is 2.11 bits per heavy atom. The number of fused-ring (bicyclic) bond motifs is 1. The van der Waals surface area contributed by atoms with Crippen LogP contribution in [0.1, 0.15) is 30.0 Å². The number of hydrogen-bond acceptors (Lipinski definition) is 1. The number of benzene rings is 1. The van der Waals surface area contributed by atoms with Gasteiger partial charge in [-0.2, -0.15) is 0 Å². The van der Waals surface area contributed by atoms with Crippen molar-refractivity contribution in [3.05, 3.63) is 65.3 Å². The molecule has 0 atom stereocenters. The maximum atomic E-state index is 2.51. The fraction of sp³-hybridized carbons (Fsp3) is 0.333. The average molecular weight is 251 g/mol. The van der Waals surface area contributed by atoms with Crippen LogP contribution in [0.15, 0.2) is 48.6 Å². The van der Waals surface area contributed by atoms with Gasteiger partial charge in [-0.1, -0.05) is 55.5 Å². The Kier molecular flexibility index (Phi) is 3.65. The van der Waals surface area contributed by atoms with Crippen molar-refractivity contribution in [2.24, 2.45) is 0 Å². The largest absolute Gasteiger partial charge is 0.299 e. The van der Waals surface area contributed by atoms with Gasteiger partial charge >= 0.3 is 0 Å². The number of rotatable bonds is 2. The lowest BCUT2D eigenvalue weighted by Crippen LogP contribution is -2.30. The molecule has 1 aromatic rings. The van der Waals surface area contributed by atoms with E-state index in [4.69, 9.17) is 0 Å². The van der Waals surface area contributed by atoms with Gasteiger partial charge in [-0.3, -0.25) is 4.90 Å². The highest BCUT2D eigenvalue weighted by molar-refractivity contribution is 5.76. The van der Waals surface area contributed by atoms with Gasteiger partial charge in [-0.15, -0.1) is 0 Å². The van der Waals surface area contributed by atoms with Crippen molar-refractivity contribution in [1.29, 1.82) is 0 Å². The quantitative estimate of drug-likeness (QED) is 0.769. The molecule has 1 heterocycles. The normalized spacial score (nSPS) is 18.9. The highest BCUT2D eigenvalue weighted by Crippen LogP contribution is 2.25. The third kappa shape index (κ3) is 2.71. The van der Waals surface area contributed by atoms with Crippen LogP contribution < -0.4 is 0 Å². The van der Waals surface area contributed by atoms with Gasteiger partial charge in [0.1, 0.15) is 0 Å². The number of likely N-dealkylation sites (N-methyl/N-ethyl adjacent to an activating group) is 1. The van der Waals surface area contributed by atoms with Gasteiger partial charge in [-0.05, 0) is 41.6 Å². The Bertz CT molecular complexity index is 549. The van der Waals surface area contributed by atoms with E-state index in [-0.39, 0.29) is 0 Å². The minimum absolute atomic E-state index is 1.04.